The molecule has 3 aliphatic rings. The summed E-state index contributed by atoms with van der Waals surface area (Å²) in [4.78, 5) is 34.2. The molecule has 33 heavy (non-hydrogen) atoms. The molecule has 1 amide bonds. The molecule has 0 saturated heterocycles. The Bertz CT molecular complexity index is 1220. The molecule has 2 aromatic rings. The quantitative estimate of drug-likeness (QED) is 0.704. The van der Waals surface area contributed by atoms with E-state index in [2.05, 4.69) is 20.2 Å². The van der Waals surface area contributed by atoms with Gasteiger partial charge in [0.1, 0.15) is 11.5 Å². The molecule has 1 aromatic carbocycles. The minimum atomic E-state index is -0.653. The second kappa shape index (κ2) is 8.59. The van der Waals surface area contributed by atoms with Gasteiger partial charge in [0, 0.05) is 48.8 Å². The van der Waals surface area contributed by atoms with E-state index in [-0.39, 0.29) is 35.7 Å². The third-order valence-corrected chi connectivity index (χ3v) is 6.35. The first-order chi connectivity index (χ1) is 15.9. The summed E-state index contributed by atoms with van der Waals surface area (Å²) in [5, 5.41) is 2.81. The fraction of sp³-hybridized carbons (Fsp3) is 0.360. The second-order valence-electron chi connectivity index (χ2n) is 8.83. The van der Waals surface area contributed by atoms with Crippen LogP contribution in [0.15, 0.2) is 35.3 Å². The molecule has 1 fully saturated rings. The smallest absolute Gasteiger partial charge is 0.270 e. The first-order valence-electron chi connectivity index (χ1n) is 11.2. The molecule has 6 nitrogen and oxygen atoms in total. The normalized spacial score (nSPS) is 18.5. The van der Waals surface area contributed by atoms with Crippen molar-refractivity contribution in [1.82, 2.24) is 15.2 Å². The zero-order valence-electron chi connectivity index (χ0n) is 18.3. The maximum Gasteiger partial charge on any atom is 0.270 e. The Morgan fingerprint density at radius 1 is 1.21 bits per heavy atom. The summed E-state index contributed by atoms with van der Waals surface area (Å²) in [6.07, 6.45) is 4.45. The Morgan fingerprint density at radius 3 is 2.73 bits per heavy atom. The number of nitrogens with one attached hydrogen (secondary N) is 1. The number of fused-ring (bicyclic) bond motifs is 1. The van der Waals surface area contributed by atoms with E-state index in [4.69, 9.17) is 0 Å². The van der Waals surface area contributed by atoms with E-state index >= 15 is 4.39 Å². The van der Waals surface area contributed by atoms with Gasteiger partial charge in [0.2, 0.25) is 5.95 Å². The Labute approximate surface area is 190 Å². The number of pyridine rings is 1. The van der Waals surface area contributed by atoms with Crippen molar-refractivity contribution in [2.75, 3.05) is 13.1 Å². The van der Waals surface area contributed by atoms with Crippen molar-refractivity contribution in [2.45, 2.75) is 45.2 Å². The van der Waals surface area contributed by atoms with Crippen LogP contribution in [0.3, 0.4) is 0 Å². The molecule has 0 unspecified atom stereocenters. The molecular formula is C25H24F2N4O2. The van der Waals surface area contributed by atoms with E-state index < -0.39 is 5.95 Å². The summed E-state index contributed by atoms with van der Waals surface area (Å²) in [5.74, 6) is -1.53. The zero-order chi connectivity index (χ0) is 23.1. The van der Waals surface area contributed by atoms with Crippen molar-refractivity contribution in [1.29, 1.82) is 0 Å². The van der Waals surface area contributed by atoms with Crippen molar-refractivity contribution in [3.63, 3.8) is 0 Å². The molecule has 8 heteroatoms. The number of aliphatic imine (C=N–C) groups is 1. The largest absolute Gasteiger partial charge is 0.348 e. The van der Waals surface area contributed by atoms with E-state index in [1.165, 1.54) is 0 Å². The van der Waals surface area contributed by atoms with Gasteiger partial charge in [-0.15, -0.1) is 0 Å². The predicted octanol–water partition coefficient (Wildman–Crippen LogP) is 3.76. The second-order valence-corrected chi connectivity index (χ2v) is 8.83. The maximum atomic E-state index is 15.0. The highest BCUT2D eigenvalue weighted by molar-refractivity contribution is 6.40. The molecule has 0 bridgehead atoms. The highest BCUT2D eigenvalue weighted by Gasteiger charge is 2.26. The Kier molecular flexibility index (Phi) is 5.62. The topological polar surface area (TPSA) is 74.7 Å². The lowest BCUT2D eigenvalue weighted by Crippen LogP contribution is -2.29. The molecule has 170 valence electrons. The van der Waals surface area contributed by atoms with Crippen LogP contribution in [0.5, 0.6) is 0 Å². The number of carbonyl (C=O) groups excluding carboxylic acids is 2. The first-order valence-corrected chi connectivity index (χ1v) is 11.2. The van der Waals surface area contributed by atoms with E-state index in [1.54, 1.807) is 31.2 Å². The predicted molar refractivity (Wildman–Crippen MR) is 120 cm³/mol. The summed E-state index contributed by atoms with van der Waals surface area (Å²) in [5.41, 5.74) is 3.11. The van der Waals surface area contributed by atoms with Crippen LogP contribution in [0.4, 0.5) is 14.5 Å². The average Bonchev–Trinajstić information content (AvgIpc) is 3.62. The van der Waals surface area contributed by atoms with Gasteiger partial charge in [-0.2, -0.15) is 4.39 Å². The summed E-state index contributed by atoms with van der Waals surface area (Å²) in [6.45, 7) is 3.19. The Hall–Kier alpha value is -3.26. The number of hydrogen-bond acceptors (Lipinski definition) is 5. The number of ketones is 1. The van der Waals surface area contributed by atoms with Gasteiger partial charge >= 0.3 is 0 Å². The number of benzene rings is 1. The molecule has 3 heterocycles. The standard InChI is InChI=1S/C25H24F2N4O2/c1-14-22(32)12-19-20(28-14)6-2-16(23(19)26)13-31-10-8-15(9-11-31)18-5-7-21(30-24(18)27)25(33)29-17-3-4-17/h2,5-8,17H,3-4,9-13H2,1H3,(H,29,33). The lowest BCUT2D eigenvalue weighted by atomic mass is 9.97. The molecule has 1 N–H and O–H groups in total. The van der Waals surface area contributed by atoms with Crippen molar-refractivity contribution >= 4 is 28.7 Å². The van der Waals surface area contributed by atoms with Gasteiger partial charge in [-0.3, -0.25) is 14.5 Å². The van der Waals surface area contributed by atoms with E-state index in [0.29, 0.717) is 54.1 Å². The third kappa shape index (κ3) is 4.48. The zero-order valence-corrected chi connectivity index (χ0v) is 18.3. The minimum absolute atomic E-state index is 0.0370. The van der Waals surface area contributed by atoms with Crippen LogP contribution in [-0.2, 0) is 17.8 Å². The SMILES string of the molecule is CC1=Nc2ccc(CN3CC=C(c4ccc(C(=O)NC5CC5)nc4F)CC3)c(F)c2CC1=O. The van der Waals surface area contributed by atoms with Crippen molar-refractivity contribution in [3.05, 3.63) is 64.5 Å². The molecule has 1 saturated carbocycles. The van der Waals surface area contributed by atoms with Crippen molar-refractivity contribution in [2.24, 2.45) is 4.99 Å². The van der Waals surface area contributed by atoms with E-state index in [1.807, 2.05) is 6.08 Å². The number of amides is 1. The van der Waals surface area contributed by atoms with E-state index in [0.717, 1.165) is 18.4 Å². The van der Waals surface area contributed by atoms with Crippen LogP contribution in [0, 0.1) is 11.8 Å². The van der Waals surface area contributed by atoms with Gasteiger partial charge < -0.3 is 5.32 Å². The fourth-order valence-corrected chi connectivity index (χ4v) is 4.21. The van der Waals surface area contributed by atoms with Crippen molar-refractivity contribution in [3.8, 4) is 0 Å². The van der Waals surface area contributed by atoms with Crippen LogP contribution in [0.25, 0.3) is 5.57 Å². The molecule has 2 aliphatic heterocycles. The van der Waals surface area contributed by atoms with Gasteiger partial charge in [0.25, 0.3) is 5.91 Å². The van der Waals surface area contributed by atoms with Gasteiger partial charge in [-0.05, 0) is 50.0 Å². The average molecular weight is 450 g/mol. The Morgan fingerprint density at radius 2 is 2.03 bits per heavy atom. The highest BCUT2D eigenvalue weighted by Crippen LogP contribution is 2.31. The van der Waals surface area contributed by atoms with Crippen LogP contribution >= 0.6 is 0 Å². The monoisotopic (exact) mass is 450 g/mol. The van der Waals surface area contributed by atoms with Crippen LogP contribution in [0.1, 0.15) is 53.4 Å². The van der Waals surface area contributed by atoms with Gasteiger partial charge in [-0.25, -0.2) is 14.4 Å². The number of Topliss-reactive ketones (excluding diaryl/α,β-unsaturated/α-hetero) is 1. The number of halogens is 2. The van der Waals surface area contributed by atoms with Gasteiger partial charge in [0.05, 0.1) is 11.4 Å². The van der Waals surface area contributed by atoms with Crippen molar-refractivity contribution < 1.29 is 18.4 Å². The number of aromatic nitrogens is 1. The number of nitrogens with zero attached hydrogens (tertiary/aromatic N) is 3. The number of carbonyl (C=O) groups is 2. The summed E-state index contributed by atoms with van der Waals surface area (Å²) in [7, 11) is 0. The van der Waals surface area contributed by atoms with Crippen LogP contribution < -0.4 is 5.32 Å². The molecule has 0 spiro atoms. The molecule has 5 rings (SSSR count). The number of hydrogen-bond donors (Lipinski definition) is 1. The highest BCUT2D eigenvalue weighted by atomic mass is 19.1. The number of rotatable bonds is 5. The maximum absolute atomic E-state index is 15.0. The summed E-state index contributed by atoms with van der Waals surface area (Å²) >= 11 is 0. The molecular weight excluding hydrogens is 426 g/mol. The molecule has 0 radical (unpaired) electrons. The lowest BCUT2D eigenvalue weighted by molar-refractivity contribution is -0.112. The molecule has 1 aromatic heterocycles. The summed E-state index contributed by atoms with van der Waals surface area (Å²) in [6, 6.07) is 6.82. The van der Waals surface area contributed by atoms with Crippen LogP contribution in [0.2, 0.25) is 0 Å². The molecule has 1 aliphatic carbocycles. The fourth-order valence-electron chi connectivity index (χ4n) is 4.21. The van der Waals surface area contributed by atoms with E-state index in [9.17, 15) is 14.0 Å². The third-order valence-electron chi connectivity index (χ3n) is 6.35. The van der Waals surface area contributed by atoms with Crippen LogP contribution in [-0.4, -0.2) is 46.4 Å². The van der Waals surface area contributed by atoms with Gasteiger partial charge in [-0.1, -0.05) is 12.1 Å². The summed E-state index contributed by atoms with van der Waals surface area (Å²) < 4.78 is 29.7. The lowest BCUT2D eigenvalue weighted by Gasteiger charge is -2.27. The Balaban J connectivity index is 1.27. The minimum Gasteiger partial charge on any atom is -0.348 e. The first kappa shape index (κ1) is 21.6. The molecule has 0 atom stereocenters. The van der Waals surface area contributed by atoms with Gasteiger partial charge in [0.15, 0.2) is 5.78 Å².